The first-order valence-electron chi connectivity index (χ1n) is 8.50. The van der Waals surface area contributed by atoms with Crippen LogP contribution < -0.4 is 4.90 Å². The summed E-state index contributed by atoms with van der Waals surface area (Å²) in [5, 5.41) is 12.3. The molecule has 1 aliphatic heterocycles. The van der Waals surface area contributed by atoms with Crippen LogP contribution in [0.15, 0.2) is 53.7 Å². The highest BCUT2D eigenvalue weighted by Gasteiger charge is 2.33. The molecule has 0 N–H and O–H groups in total. The molecule has 0 atom stereocenters. The summed E-state index contributed by atoms with van der Waals surface area (Å²) in [6, 6.07) is 8.30. The lowest BCUT2D eigenvalue weighted by Crippen LogP contribution is -2.49. The summed E-state index contributed by atoms with van der Waals surface area (Å²) < 4.78 is 55.8. The number of halogens is 2. The molecule has 0 bridgehead atoms. The quantitative estimate of drug-likeness (QED) is 0.652. The zero-order valence-corrected chi connectivity index (χ0v) is 15.4. The van der Waals surface area contributed by atoms with Gasteiger partial charge in [-0.3, -0.25) is 0 Å². The Labute approximate surface area is 160 Å². The summed E-state index contributed by atoms with van der Waals surface area (Å²) in [5.41, 5.74) is 0. The molecule has 0 amide bonds. The van der Waals surface area contributed by atoms with E-state index < -0.39 is 26.6 Å². The Bertz CT molecular complexity index is 1050. The van der Waals surface area contributed by atoms with E-state index >= 15 is 0 Å². The van der Waals surface area contributed by atoms with E-state index in [1.54, 1.807) is 35.3 Å². The average molecular weight is 406 g/mol. The summed E-state index contributed by atoms with van der Waals surface area (Å²) in [5.74, 6) is -1.04. The minimum absolute atomic E-state index is 0.0820. The maximum Gasteiger partial charge on any atom is 0.249 e. The molecule has 0 saturated carbocycles. The maximum absolute atomic E-state index is 13.9. The smallest absolute Gasteiger partial charge is 0.249 e. The molecule has 0 spiro atoms. The van der Waals surface area contributed by atoms with Crippen molar-refractivity contribution in [2.24, 2.45) is 0 Å². The number of benzene rings is 1. The lowest BCUT2D eigenvalue weighted by Gasteiger charge is -2.34. The summed E-state index contributed by atoms with van der Waals surface area (Å²) in [7, 11) is -4.26. The van der Waals surface area contributed by atoms with E-state index in [1.807, 2.05) is 4.90 Å². The van der Waals surface area contributed by atoms with E-state index in [-0.39, 0.29) is 13.1 Å². The van der Waals surface area contributed by atoms with Gasteiger partial charge in [-0.15, -0.1) is 10.2 Å². The summed E-state index contributed by atoms with van der Waals surface area (Å²) in [6.45, 7) is 0.813. The number of hydrogen-bond donors (Lipinski definition) is 0. The Morgan fingerprint density at radius 3 is 2.07 bits per heavy atom. The minimum Gasteiger partial charge on any atom is -0.352 e. The second-order valence-electron chi connectivity index (χ2n) is 6.14. The Morgan fingerprint density at radius 1 is 0.857 bits per heavy atom. The van der Waals surface area contributed by atoms with Crippen molar-refractivity contribution in [3.05, 3.63) is 60.4 Å². The third-order valence-electron chi connectivity index (χ3n) is 4.45. The van der Waals surface area contributed by atoms with Gasteiger partial charge in [-0.25, -0.2) is 21.9 Å². The number of nitrogens with zero attached hydrogens (tertiary/aromatic N) is 6. The molecule has 0 unspecified atom stereocenters. The van der Waals surface area contributed by atoms with Gasteiger partial charge in [0.1, 0.15) is 11.6 Å². The predicted octanol–water partition coefficient (Wildman–Crippen LogP) is 1.45. The van der Waals surface area contributed by atoms with Crippen LogP contribution in [0.3, 0.4) is 0 Å². The first kappa shape index (κ1) is 18.4. The molecule has 1 aromatic carbocycles. The fourth-order valence-electron chi connectivity index (χ4n) is 3.03. The first-order chi connectivity index (χ1) is 13.5. The van der Waals surface area contributed by atoms with Crippen molar-refractivity contribution < 1.29 is 17.2 Å². The van der Waals surface area contributed by atoms with Gasteiger partial charge in [0.15, 0.2) is 16.5 Å². The van der Waals surface area contributed by atoms with Gasteiger partial charge in [0.25, 0.3) is 0 Å². The lowest BCUT2D eigenvalue weighted by atomic mass is 10.3. The van der Waals surface area contributed by atoms with Crippen LogP contribution in [-0.2, 0) is 10.0 Å². The molecule has 1 saturated heterocycles. The summed E-state index contributed by atoms with van der Waals surface area (Å²) in [6.07, 6.45) is 3.38. The van der Waals surface area contributed by atoms with Gasteiger partial charge in [0, 0.05) is 38.6 Å². The Kier molecular flexibility index (Phi) is 4.77. The Morgan fingerprint density at radius 2 is 1.50 bits per heavy atom. The molecule has 0 aliphatic carbocycles. The number of piperazine rings is 1. The van der Waals surface area contributed by atoms with Gasteiger partial charge >= 0.3 is 0 Å². The third kappa shape index (κ3) is 3.34. The normalized spacial score (nSPS) is 15.7. The number of rotatable bonds is 4. The van der Waals surface area contributed by atoms with Crippen LogP contribution in [0.2, 0.25) is 0 Å². The SMILES string of the molecule is O=S(=O)(c1c(F)cccc1F)N1CCN(c2ccc(-n3cccn3)nn2)CC1. The molecule has 1 aliphatic rings. The molecule has 0 radical (unpaired) electrons. The maximum atomic E-state index is 13.9. The van der Waals surface area contributed by atoms with Crippen LogP contribution in [0.4, 0.5) is 14.6 Å². The van der Waals surface area contributed by atoms with E-state index in [4.69, 9.17) is 0 Å². The van der Waals surface area contributed by atoms with Gasteiger partial charge in [0.2, 0.25) is 10.0 Å². The molecular weight excluding hydrogens is 390 g/mol. The molecule has 4 rings (SSSR count). The van der Waals surface area contributed by atoms with Crippen LogP contribution in [-0.4, -0.2) is 58.9 Å². The average Bonchev–Trinajstić information content (AvgIpc) is 3.23. The minimum atomic E-state index is -4.26. The standard InChI is InChI=1S/C17H16F2N6O2S/c18-13-3-1-4-14(19)17(13)28(26,27)24-11-9-23(10-12-24)15-5-6-16(22-21-15)25-8-2-7-20-25/h1-8H,9-12H2. The van der Waals surface area contributed by atoms with E-state index in [0.717, 1.165) is 22.5 Å². The van der Waals surface area contributed by atoms with Gasteiger partial charge in [-0.2, -0.15) is 9.40 Å². The zero-order chi connectivity index (χ0) is 19.7. The number of hydrogen-bond acceptors (Lipinski definition) is 6. The van der Waals surface area contributed by atoms with Crippen molar-refractivity contribution in [1.82, 2.24) is 24.3 Å². The summed E-state index contributed by atoms with van der Waals surface area (Å²) >= 11 is 0. The molecule has 146 valence electrons. The molecule has 28 heavy (non-hydrogen) atoms. The van der Waals surface area contributed by atoms with Crippen molar-refractivity contribution in [2.45, 2.75) is 4.90 Å². The van der Waals surface area contributed by atoms with Gasteiger partial charge in [0.05, 0.1) is 0 Å². The first-order valence-corrected chi connectivity index (χ1v) is 9.94. The number of aromatic nitrogens is 4. The topological polar surface area (TPSA) is 84.2 Å². The van der Waals surface area contributed by atoms with Crippen LogP contribution >= 0.6 is 0 Å². The monoisotopic (exact) mass is 406 g/mol. The second kappa shape index (κ2) is 7.24. The highest BCUT2D eigenvalue weighted by atomic mass is 32.2. The van der Waals surface area contributed by atoms with E-state index in [0.29, 0.717) is 24.7 Å². The molecule has 3 aromatic rings. The van der Waals surface area contributed by atoms with Gasteiger partial charge in [-0.05, 0) is 30.3 Å². The van der Waals surface area contributed by atoms with Crippen LogP contribution in [0.5, 0.6) is 0 Å². The van der Waals surface area contributed by atoms with Crippen molar-refractivity contribution in [2.75, 3.05) is 31.1 Å². The van der Waals surface area contributed by atoms with Crippen LogP contribution in [0.25, 0.3) is 5.82 Å². The van der Waals surface area contributed by atoms with E-state index in [2.05, 4.69) is 15.3 Å². The highest BCUT2D eigenvalue weighted by Crippen LogP contribution is 2.24. The van der Waals surface area contributed by atoms with Gasteiger partial charge in [-0.1, -0.05) is 6.07 Å². The summed E-state index contributed by atoms with van der Waals surface area (Å²) in [4.78, 5) is 0.954. The number of sulfonamides is 1. The fraction of sp³-hybridized carbons (Fsp3) is 0.235. The van der Waals surface area contributed by atoms with Crippen molar-refractivity contribution >= 4 is 15.8 Å². The predicted molar refractivity (Wildman–Crippen MR) is 96.5 cm³/mol. The lowest BCUT2D eigenvalue weighted by molar-refractivity contribution is 0.377. The van der Waals surface area contributed by atoms with Crippen molar-refractivity contribution in [1.29, 1.82) is 0 Å². The van der Waals surface area contributed by atoms with E-state index in [1.165, 1.54) is 0 Å². The molecule has 2 aromatic heterocycles. The molecule has 11 heteroatoms. The Hall–Kier alpha value is -2.92. The molecule has 1 fully saturated rings. The van der Waals surface area contributed by atoms with E-state index in [9.17, 15) is 17.2 Å². The molecule has 8 nitrogen and oxygen atoms in total. The third-order valence-corrected chi connectivity index (χ3v) is 6.41. The Balaban J connectivity index is 1.47. The van der Waals surface area contributed by atoms with Crippen molar-refractivity contribution in [3.63, 3.8) is 0 Å². The number of anilines is 1. The molecular formula is C17H16F2N6O2S. The van der Waals surface area contributed by atoms with Crippen LogP contribution in [0, 0.1) is 11.6 Å². The molecule has 3 heterocycles. The largest absolute Gasteiger partial charge is 0.352 e. The fourth-order valence-corrected chi connectivity index (χ4v) is 4.56. The van der Waals surface area contributed by atoms with Crippen LogP contribution in [0.1, 0.15) is 0 Å². The van der Waals surface area contributed by atoms with Gasteiger partial charge < -0.3 is 4.90 Å². The zero-order valence-electron chi connectivity index (χ0n) is 14.6. The second-order valence-corrected chi connectivity index (χ2v) is 8.02. The highest BCUT2D eigenvalue weighted by molar-refractivity contribution is 7.89. The van der Waals surface area contributed by atoms with Crippen molar-refractivity contribution in [3.8, 4) is 5.82 Å².